The molecule has 2 N–H and O–H groups in total. The van der Waals surface area contributed by atoms with Gasteiger partial charge in [-0.2, -0.15) is 11.8 Å². The van der Waals surface area contributed by atoms with Crippen molar-refractivity contribution >= 4 is 23.1 Å². The van der Waals surface area contributed by atoms with Gasteiger partial charge in [-0.1, -0.05) is 18.8 Å². The van der Waals surface area contributed by atoms with Crippen molar-refractivity contribution in [3.63, 3.8) is 0 Å². The lowest BCUT2D eigenvalue weighted by Crippen LogP contribution is -2.01. The summed E-state index contributed by atoms with van der Waals surface area (Å²) in [5, 5.41) is 19.8. The molecule has 2 nitrogen and oxygen atoms in total. The van der Waals surface area contributed by atoms with E-state index in [-0.39, 0.29) is 18.5 Å². The second-order valence-electron chi connectivity index (χ2n) is 3.38. The minimum Gasteiger partial charge on any atom is -0.395 e. The third kappa shape index (κ3) is 5.04. The fraction of sp³-hybridized carbons (Fsp3) is 0.500. The Morgan fingerprint density at radius 1 is 1.50 bits per heavy atom. The number of thiophene rings is 1. The molecule has 0 aliphatic heterocycles. The number of aliphatic hydroxyl groups excluding tert-OH is 2. The van der Waals surface area contributed by atoms with E-state index < -0.39 is 0 Å². The van der Waals surface area contributed by atoms with Gasteiger partial charge in [0.05, 0.1) is 13.2 Å². The second kappa shape index (κ2) is 7.75. The highest BCUT2D eigenvalue weighted by atomic mass is 32.2. The molecule has 1 unspecified atom stereocenters. The van der Waals surface area contributed by atoms with Crippen molar-refractivity contribution in [3.8, 4) is 11.8 Å². The highest BCUT2D eigenvalue weighted by Crippen LogP contribution is 2.22. The zero-order chi connectivity index (χ0) is 11.8. The Kier molecular flexibility index (Phi) is 6.58. The molecule has 1 aromatic heterocycles. The smallest absolute Gasteiger partial charge is 0.0547 e. The normalized spacial score (nSPS) is 11.9. The molecule has 0 saturated heterocycles. The Bertz CT molecular complexity index is 363. The molecule has 1 heterocycles. The van der Waals surface area contributed by atoms with E-state index in [1.54, 1.807) is 23.1 Å². The first-order chi connectivity index (χ1) is 7.76. The summed E-state index contributed by atoms with van der Waals surface area (Å²) >= 11 is 3.44. The van der Waals surface area contributed by atoms with Crippen LogP contribution in [0, 0.1) is 11.8 Å². The van der Waals surface area contributed by atoms with Crippen LogP contribution in [-0.4, -0.2) is 28.7 Å². The van der Waals surface area contributed by atoms with E-state index in [1.165, 1.54) is 4.88 Å². The van der Waals surface area contributed by atoms with Crippen LogP contribution in [0.4, 0.5) is 0 Å². The molecule has 0 spiro atoms. The number of aliphatic hydroxyl groups is 2. The first kappa shape index (κ1) is 13.6. The Balaban J connectivity index is 2.43. The average molecular weight is 256 g/mol. The van der Waals surface area contributed by atoms with Crippen LogP contribution in [0.5, 0.6) is 0 Å². The van der Waals surface area contributed by atoms with Crippen molar-refractivity contribution in [2.24, 2.45) is 0 Å². The lowest BCUT2D eigenvalue weighted by molar-refractivity contribution is 0.300. The van der Waals surface area contributed by atoms with Crippen LogP contribution < -0.4 is 0 Å². The zero-order valence-corrected chi connectivity index (χ0v) is 10.9. The van der Waals surface area contributed by atoms with Gasteiger partial charge in [0.2, 0.25) is 0 Å². The van der Waals surface area contributed by atoms with Crippen LogP contribution in [0.15, 0.2) is 11.4 Å². The quantitative estimate of drug-likeness (QED) is 0.793. The highest BCUT2D eigenvalue weighted by molar-refractivity contribution is 7.99. The first-order valence-electron chi connectivity index (χ1n) is 5.16. The Morgan fingerprint density at radius 2 is 2.31 bits per heavy atom. The van der Waals surface area contributed by atoms with Crippen LogP contribution >= 0.6 is 23.1 Å². The molecular weight excluding hydrogens is 240 g/mol. The molecule has 88 valence electrons. The van der Waals surface area contributed by atoms with Crippen LogP contribution in [0.25, 0.3) is 0 Å². The lowest BCUT2D eigenvalue weighted by Gasteiger charge is -2.04. The van der Waals surface area contributed by atoms with Gasteiger partial charge >= 0.3 is 0 Å². The predicted molar refractivity (Wildman–Crippen MR) is 70.7 cm³/mol. The van der Waals surface area contributed by atoms with Crippen LogP contribution in [0.2, 0.25) is 0 Å². The molecule has 0 aliphatic carbocycles. The van der Waals surface area contributed by atoms with E-state index in [0.29, 0.717) is 6.42 Å². The molecule has 1 atom stereocenters. The molecule has 0 bridgehead atoms. The molecular formula is C12H16O2S2. The van der Waals surface area contributed by atoms with Gasteiger partial charge in [-0.25, -0.2) is 0 Å². The molecule has 1 rings (SSSR count). The molecule has 0 amide bonds. The molecule has 1 aromatic rings. The summed E-state index contributed by atoms with van der Waals surface area (Å²) < 4.78 is 0. The van der Waals surface area contributed by atoms with Gasteiger partial charge in [0.15, 0.2) is 0 Å². The molecule has 4 heteroatoms. The SMILES string of the molecule is CC(CO)SCc1cc(C#CCCO)cs1. The Morgan fingerprint density at radius 3 is 3.00 bits per heavy atom. The predicted octanol–water partition coefficient (Wildman–Crippen LogP) is 2.10. The minimum atomic E-state index is 0.119. The average Bonchev–Trinajstić information content (AvgIpc) is 2.74. The molecule has 0 radical (unpaired) electrons. The van der Waals surface area contributed by atoms with Gasteiger partial charge in [-0.05, 0) is 6.07 Å². The van der Waals surface area contributed by atoms with Crippen molar-refractivity contribution in [1.82, 2.24) is 0 Å². The number of thioether (sulfide) groups is 1. The fourth-order valence-electron chi connectivity index (χ4n) is 1.02. The second-order valence-corrected chi connectivity index (χ2v) is 5.80. The van der Waals surface area contributed by atoms with Crippen LogP contribution in [0.3, 0.4) is 0 Å². The molecule has 0 fully saturated rings. The van der Waals surface area contributed by atoms with Crippen molar-refractivity contribution < 1.29 is 10.2 Å². The van der Waals surface area contributed by atoms with E-state index in [9.17, 15) is 0 Å². The van der Waals surface area contributed by atoms with E-state index in [0.717, 1.165) is 11.3 Å². The maximum absolute atomic E-state index is 8.90. The maximum atomic E-state index is 8.90. The highest BCUT2D eigenvalue weighted by Gasteiger charge is 2.03. The molecule has 0 aromatic carbocycles. The maximum Gasteiger partial charge on any atom is 0.0547 e. The zero-order valence-electron chi connectivity index (χ0n) is 9.27. The van der Waals surface area contributed by atoms with Crippen molar-refractivity contribution in [2.45, 2.75) is 24.3 Å². The molecule has 0 saturated carbocycles. The van der Waals surface area contributed by atoms with Crippen LogP contribution in [0.1, 0.15) is 23.8 Å². The summed E-state index contributed by atoms with van der Waals surface area (Å²) in [6.07, 6.45) is 0.529. The van der Waals surface area contributed by atoms with Gasteiger partial charge in [-0.15, -0.1) is 11.3 Å². The Labute approximate surface area is 105 Å². The number of rotatable bonds is 5. The van der Waals surface area contributed by atoms with Crippen molar-refractivity contribution in [2.75, 3.05) is 13.2 Å². The van der Waals surface area contributed by atoms with E-state index in [2.05, 4.69) is 17.9 Å². The van der Waals surface area contributed by atoms with Gasteiger partial charge in [0.1, 0.15) is 0 Å². The van der Waals surface area contributed by atoms with Crippen molar-refractivity contribution in [3.05, 3.63) is 21.9 Å². The summed E-state index contributed by atoms with van der Waals surface area (Å²) in [5.74, 6) is 6.83. The summed E-state index contributed by atoms with van der Waals surface area (Å²) in [6.45, 7) is 2.35. The monoisotopic (exact) mass is 256 g/mol. The topological polar surface area (TPSA) is 40.5 Å². The minimum absolute atomic E-state index is 0.119. The van der Waals surface area contributed by atoms with E-state index in [4.69, 9.17) is 10.2 Å². The van der Waals surface area contributed by atoms with E-state index in [1.807, 2.05) is 12.3 Å². The summed E-state index contributed by atoms with van der Waals surface area (Å²) in [5.41, 5.74) is 1.02. The number of hydrogen-bond acceptors (Lipinski definition) is 4. The summed E-state index contributed by atoms with van der Waals surface area (Å²) in [6, 6.07) is 2.08. The van der Waals surface area contributed by atoms with E-state index >= 15 is 0 Å². The van der Waals surface area contributed by atoms with Crippen LogP contribution in [-0.2, 0) is 5.75 Å². The van der Waals surface area contributed by atoms with Gasteiger partial charge in [0.25, 0.3) is 0 Å². The lowest BCUT2D eigenvalue weighted by atomic mass is 10.3. The fourth-order valence-corrected chi connectivity index (χ4v) is 2.73. The summed E-state index contributed by atoms with van der Waals surface area (Å²) in [7, 11) is 0. The van der Waals surface area contributed by atoms with Gasteiger partial charge < -0.3 is 10.2 Å². The molecule has 16 heavy (non-hydrogen) atoms. The summed E-state index contributed by atoms with van der Waals surface area (Å²) in [4.78, 5) is 1.28. The molecule has 0 aliphatic rings. The third-order valence-electron chi connectivity index (χ3n) is 1.89. The third-order valence-corrected chi connectivity index (χ3v) is 4.21. The largest absolute Gasteiger partial charge is 0.395 e. The Hall–Kier alpha value is -0.470. The van der Waals surface area contributed by atoms with Gasteiger partial charge in [0, 0.05) is 33.2 Å². The number of hydrogen-bond donors (Lipinski definition) is 2. The standard InChI is InChI=1S/C12H16O2S2/c1-10(7-14)15-9-12-6-11(8-16-12)4-2-3-5-13/h6,8,10,13-14H,3,5,7,9H2,1H3. The van der Waals surface area contributed by atoms with Crippen molar-refractivity contribution in [1.29, 1.82) is 0 Å². The van der Waals surface area contributed by atoms with Gasteiger partial charge in [-0.3, -0.25) is 0 Å². The first-order valence-corrected chi connectivity index (χ1v) is 7.08.